The van der Waals surface area contributed by atoms with Crippen LogP contribution in [0.5, 0.6) is 11.5 Å². The minimum atomic E-state index is -4.71. The summed E-state index contributed by atoms with van der Waals surface area (Å²) in [5.74, 6) is -8.86. The number of aliphatic carboxylic acids is 3. The first-order valence-electron chi connectivity index (χ1n) is 30.5. The van der Waals surface area contributed by atoms with Gasteiger partial charge in [0.2, 0.25) is 18.1 Å². The lowest BCUT2D eigenvalue weighted by molar-refractivity contribution is -0.233. The summed E-state index contributed by atoms with van der Waals surface area (Å²) >= 11 is 0. The van der Waals surface area contributed by atoms with E-state index < -0.39 is 99.7 Å². The number of nitrogens with two attached hydrogens (primary N) is 1. The van der Waals surface area contributed by atoms with E-state index in [-0.39, 0.29) is 55.0 Å². The number of aromatic nitrogens is 3. The number of methoxy groups -OCH3 is 2. The average Bonchev–Trinajstić information content (AvgIpc) is 1.43. The largest absolute Gasteiger partial charge is 0.496 e. The number of nitrogens with zero attached hydrogens (tertiary/aromatic N) is 5. The number of phosphoric ester groups is 1. The van der Waals surface area contributed by atoms with Crippen LogP contribution in [0.25, 0.3) is 22.2 Å². The first-order chi connectivity index (χ1) is 44.3. The molecule has 0 saturated carbocycles. The number of hydrogen-bond donors (Lipinski definition) is 8. The number of rotatable bonds is 32. The molecule has 4 heterocycles. The average molecular weight is 1290 g/mol. The molecule has 492 valence electrons. The minimum Gasteiger partial charge on any atom is -0.496 e. The molecule has 9 N–H and O–H groups in total. The van der Waals surface area contributed by atoms with Gasteiger partial charge >= 0.3 is 37.8 Å². The van der Waals surface area contributed by atoms with Crippen LogP contribution >= 0.6 is 7.82 Å². The van der Waals surface area contributed by atoms with Crippen molar-refractivity contribution in [2.24, 2.45) is 17.8 Å². The number of fused-ring (bicyclic) bond motifs is 4. The van der Waals surface area contributed by atoms with Crippen molar-refractivity contribution < 1.29 is 86.3 Å². The summed E-state index contributed by atoms with van der Waals surface area (Å²) in [6.45, 7) is 6.29. The van der Waals surface area contributed by atoms with Gasteiger partial charge < -0.3 is 70.1 Å². The van der Waals surface area contributed by atoms with Crippen LogP contribution in [0.15, 0.2) is 97.2 Å². The zero-order chi connectivity index (χ0) is 65.5. The molecular formula is C64H78N9O18P. The van der Waals surface area contributed by atoms with Gasteiger partial charge in [0.1, 0.15) is 23.6 Å². The molecule has 2 fully saturated rings. The van der Waals surface area contributed by atoms with Crippen LogP contribution in [0.3, 0.4) is 0 Å². The Labute approximate surface area is 531 Å². The number of alkyl carbamates (subject to hydrolysis) is 1. The number of hydrogen-bond acceptors (Lipinski definition) is 20. The molecule has 1 aliphatic carbocycles. The van der Waals surface area contributed by atoms with Gasteiger partial charge in [-0.3, -0.25) is 38.0 Å². The lowest BCUT2D eigenvalue weighted by Crippen LogP contribution is -2.54. The van der Waals surface area contributed by atoms with Crippen molar-refractivity contribution in [2.45, 2.75) is 89.9 Å². The molecule has 2 saturated heterocycles. The summed E-state index contributed by atoms with van der Waals surface area (Å²) in [5.41, 5.74) is 13.9. The summed E-state index contributed by atoms with van der Waals surface area (Å²) in [7, 11) is -2.05. The highest BCUT2D eigenvalue weighted by Gasteiger charge is 2.52. The van der Waals surface area contributed by atoms with E-state index in [9.17, 15) is 53.5 Å². The van der Waals surface area contributed by atoms with Crippen LogP contribution in [-0.2, 0) is 71.5 Å². The number of carboxylic acids is 3. The molecule has 3 aliphatic rings. The van der Waals surface area contributed by atoms with Crippen LogP contribution in [0.2, 0.25) is 0 Å². The van der Waals surface area contributed by atoms with Crippen LogP contribution in [-0.4, -0.2) is 166 Å². The van der Waals surface area contributed by atoms with Gasteiger partial charge in [-0.15, -0.1) is 0 Å². The van der Waals surface area contributed by atoms with E-state index in [1.165, 1.54) is 18.2 Å². The van der Waals surface area contributed by atoms with Gasteiger partial charge in [-0.1, -0.05) is 86.5 Å². The van der Waals surface area contributed by atoms with Crippen LogP contribution in [0.1, 0.15) is 85.6 Å². The predicted octanol–water partition coefficient (Wildman–Crippen LogP) is 7.54. The molecule has 27 nitrogen and oxygen atoms in total. The highest BCUT2D eigenvalue weighted by molar-refractivity contribution is 7.47. The Hall–Kier alpha value is -8.69. The number of nitrogen functional groups attached to an aromatic ring is 1. The maximum absolute atomic E-state index is 13.7. The van der Waals surface area contributed by atoms with E-state index in [0.29, 0.717) is 51.6 Å². The van der Waals surface area contributed by atoms with Gasteiger partial charge in [-0.2, -0.15) is 4.98 Å². The molecule has 4 aromatic carbocycles. The number of piperazine rings is 1. The van der Waals surface area contributed by atoms with Gasteiger partial charge in [-0.05, 0) is 70.0 Å². The van der Waals surface area contributed by atoms with Crippen molar-refractivity contribution >= 4 is 72.2 Å². The zero-order valence-electron chi connectivity index (χ0n) is 51.4. The molecule has 92 heavy (non-hydrogen) atoms. The number of benzene rings is 4. The molecule has 9 rings (SSSR count). The fourth-order valence-electron chi connectivity index (χ4n) is 12.2. The first kappa shape index (κ1) is 67.7. The summed E-state index contributed by atoms with van der Waals surface area (Å²) in [4.78, 5) is 101. The number of carbonyl (C=O) groups excluding carboxylic acids is 3. The van der Waals surface area contributed by atoms with Crippen LogP contribution in [0, 0.1) is 17.8 Å². The van der Waals surface area contributed by atoms with Gasteiger partial charge in [-0.25, -0.2) is 19.1 Å². The van der Waals surface area contributed by atoms with Crippen molar-refractivity contribution in [3.8, 4) is 22.6 Å². The van der Waals surface area contributed by atoms with E-state index in [0.717, 1.165) is 83.1 Å². The number of esters is 1. The quantitative estimate of drug-likeness (QED) is 0.0115. The minimum absolute atomic E-state index is 0.0234. The fourth-order valence-corrected chi connectivity index (χ4v) is 12.9. The number of nitrogens with one attached hydrogen (secondary N) is 3. The van der Waals surface area contributed by atoms with Crippen molar-refractivity contribution in [3.63, 3.8) is 0 Å². The molecule has 2 aromatic heterocycles. The number of carboxylic acid groups (broad SMARTS) is 3. The molecule has 1 unspecified atom stereocenters. The molecule has 2 amide bonds. The van der Waals surface area contributed by atoms with Crippen molar-refractivity contribution in [2.75, 3.05) is 89.6 Å². The molecule has 0 spiro atoms. The summed E-state index contributed by atoms with van der Waals surface area (Å²) in [6, 6.07) is 27.8. The number of carbonyl (C=O) groups is 6. The summed E-state index contributed by atoms with van der Waals surface area (Å²) in [6.07, 6.45) is -1.76. The van der Waals surface area contributed by atoms with Gasteiger partial charge in [0.05, 0.1) is 58.0 Å². The van der Waals surface area contributed by atoms with Crippen LogP contribution < -0.4 is 31.2 Å². The molecule has 0 radical (unpaired) electrons. The second-order valence-corrected chi connectivity index (χ2v) is 24.3. The lowest BCUT2D eigenvalue weighted by Gasteiger charge is -2.44. The molecule has 2 aliphatic heterocycles. The molecule has 6 atom stereocenters. The fraction of sp³-hybridized carbons (Fsp3) is 0.438. The standard InChI is InChI=1S/C64H78N9O18P/c1-4-5-10-21-66-60-58-50(69-63(65)70-60)20-23-73(58)36-41-17-15-39(31-53(41)85-2)35-72-26-24-71(25-27-72)28-29-88-92(83,84)89-37-40-16-18-52(90-62-48(34-57(79)80)46(32-55(75)76)47(33-56(77)78)59(91-62)61(81)86-3)51(30-40)68-54(74)19-22-67-64(82)87-38-49-44-13-8-6-11-42(44)43-12-7-9-14-45(43)49/h6-9,11-18,20,23,30-31,46-49,59,62H,4-5,10,19,21-22,24-29,32-38H2,1-3H3,(H,67,82)(H,68,74)(H,75,76)(H,77,78)(H,79,80)(H,83,84)(H3,65,66,69,70)/t46-,47-,48+,59-,62+/m0/s1. The smallest absolute Gasteiger partial charge is 0.472 e. The van der Waals surface area contributed by atoms with Crippen molar-refractivity contribution in [1.82, 2.24) is 29.7 Å². The predicted molar refractivity (Wildman–Crippen MR) is 336 cm³/mol. The third kappa shape index (κ3) is 17.7. The van der Waals surface area contributed by atoms with Gasteiger partial charge in [0.15, 0.2) is 11.9 Å². The number of anilines is 3. The Kier molecular flexibility index (Phi) is 23.2. The molecule has 0 bridgehead atoms. The monoisotopic (exact) mass is 1290 g/mol. The van der Waals surface area contributed by atoms with Crippen molar-refractivity contribution in [1.29, 1.82) is 0 Å². The Bertz CT molecular complexity index is 3610. The number of ether oxygens (including phenoxy) is 5. The first-order valence-corrected chi connectivity index (χ1v) is 31.9. The number of amides is 2. The third-order valence-electron chi connectivity index (χ3n) is 16.6. The molecule has 28 heteroatoms. The second-order valence-electron chi connectivity index (χ2n) is 22.8. The summed E-state index contributed by atoms with van der Waals surface area (Å²) in [5, 5.41) is 38.5. The van der Waals surface area contributed by atoms with E-state index in [4.69, 9.17) is 38.5 Å². The van der Waals surface area contributed by atoms with E-state index >= 15 is 0 Å². The van der Waals surface area contributed by atoms with E-state index in [2.05, 4.69) is 59.3 Å². The number of unbranched alkanes of at least 4 members (excludes halogenated alkanes) is 2. The number of phosphoric acid groups is 1. The maximum Gasteiger partial charge on any atom is 0.472 e. The zero-order valence-corrected chi connectivity index (χ0v) is 52.3. The van der Waals surface area contributed by atoms with E-state index in [1.54, 1.807) is 7.11 Å². The Morgan fingerprint density at radius 1 is 0.750 bits per heavy atom. The maximum atomic E-state index is 13.7. The van der Waals surface area contributed by atoms with Gasteiger partial charge in [0, 0.05) is 94.7 Å². The topological polar surface area (TPSA) is 364 Å². The SMILES string of the molecule is CCCCCNc1nc(N)nc2ccn(Cc3ccc(CN4CCN(CCOP(=O)(O)OCc5ccc(O[C@@H]6O[C@H](C(=O)OC)[C@@H](CC(=O)O)[C@H](CC(=O)O)[C@H]6CC(=O)O)c(NC(=O)CCNC(=O)OCC6c7ccccc7-c7ccccc76)c5)CC4)cc3OC)c12. The van der Waals surface area contributed by atoms with E-state index in [1.807, 2.05) is 66.9 Å². The Morgan fingerprint density at radius 3 is 2.11 bits per heavy atom. The normalized spacial score (nSPS) is 18.8. The molecule has 6 aromatic rings. The Balaban J connectivity index is 0.809. The third-order valence-corrected chi connectivity index (χ3v) is 17.6. The van der Waals surface area contributed by atoms with Crippen molar-refractivity contribution in [3.05, 3.63) is 125 Å². The second kappa shape index (κ2) is 31.6. The van der Waals surface area contributed by atoms with Gasteiger partial charge in [0.25, 0.3) is 0 Å². The highest BCUT2D eigenvalue weighted by Crippen LogP contribution is 2.47. The highest BCUT2D eigenvalue weighted by atomic mass is 31.2. The Morgan fingerprint density at radius 2 is 1.42 bits per heavy atom. The van der Waals surface area contributed by atoms with Crippen LogP contribution in [0.4, 0.5) is 22.2 Å². The summed E-state index contributed by atoms with van der Waals surface area (Å²) < 4.78 is 54.9. The lowest BCUT2D eigenvalue weighted by atomic mass is 9.71. The molecular weight excluding hydrogens is 1210 g/mol.